The molecule has 2 aliphatic carbocycles. The maximum absolute atomic E-state index is 15.0. The van der Waals surface area contributed by atoms with E-state index in [9.17, 15) is 55.5 Å². The minimum atomic E-state index is -3.30. The largest absolute Gasteiger partial charge is 0.434 e. The molecule has 4 atom stereocenters. The van der Waals surface area contributed by atoms with E-state index in [1.807, 2.05) is 0 Å². The van der Waals surface area contributed by atoms with Crippen LogP contribution in [0.5, 0.6) is 11.5 Å². The van der Waals surface area contributed by atoms with Crippen LogP contribution >= 0.6 is 0 Å². The van der Waals surface area contributed by atoms with Crippen LogP contribution in [0.3, 0.4) is 0 Å². The summed E-state index contributed by atoms with van der Waals surface area (Å²) in [4.78, 5) is 24.9. The van der Waals surface area contributed by atoms with Crippen LogP contribution in [0.4, 0.5) is 43.9 Å². The number of imidazole rings is 2. The molecule has 0 unspecified atom stereocenters. The van der Waals surface area contributed by atoms with Crippen LogP contribution in [0.25, 0.3) is 33.5 Å². The summed E-state index contributed by atoms with van der Waals surface area (Å²) in [7, 11) is 0. The topological polar surface area (TPSA) is 186 Å². The number of rotatable bonds is 10. The fourth-order valence-electron chi connectivity index (χ4n) is 8.85. The highest BCUT2D eigenvalue weighted by atomic mass is 19.3. The zero-order valence-electron chi connectivity index (χ0n) is 37.8. The van der Waals surface area contributed by atoms with E-state index in [0.717, 1.165) is 24.3 Å². The Labute approximate surface area is 399 Å². The summed E-state index contributed by atoms with van der Waals surface area (Å²) in [5.74, 6) is -9.38. The van der Waals surface area contributed by atoms with Crippen LogP contribution in [-0.4, -0.2) is 72.4 Å². The first kappa shape index (κ1) is 49.7. The predicted octanol–water partition coefficient (Wildman–Crippen LogP) is 9.21. The Morgan fingerprint density at radius 3 is 1.18 bits per heavy atom. The number of halogens is 10. The van der Waals surface area contributed by atoms with Gasteiger partial charge in [-0.2, -0.15) is 17.6 Å². The summed E-state index contributed by atoms with van der Waals surface area (Å²) in [6.07, 6.45) is 5.60. The van der Waals surface area contributed by atoms with Crippen LogP contribution in [0.1, 0.15) is 110 Å². The molecule has 72 heavy (non-hydrogen) atoms. The van der Waals surface area contributed by atoms with Crippen molar-refractivity contribution in [2.75, 3.05) is 0 Å². The van der Waals surface area contributed by atoms with Gasteiger partial charge in [-0.05, 0) is 52.7 Å². The van der Waals surface area contributed by atoms with Gasteiger partial charge in [-0.3, -0.25) is 0 Å². The van der Waals surface area contributed by atoms with E-state index in [-0.39, 0.29) is 91.9 Å². The van der Waals surface area contributed by atoms with E-state index >= 15 is 8.78 Å². The number of aromatic nitrogens is 8. The number of pyridine rings is 2. The summed E-state index contributed by atoms with van der Waals surface area (Å²) in [6.45, 7) is -0.597. The van der Waals surface area contributed by atoms with E-state index in [1.54, 1.807) is 0 Å². The van der Waals surface area contributed by atoms with Gasteiger partial charge in [0.15, 0.2) is 34.9 Å². The lowest BCUT2D eigenvalue weighted by Gasteiger charge is -2.18. The van der Waals surface area contributed by atoms with Crippen molar-refractivity contribution in [2.45, 2.75) is 89.0 Å². The van der Waals surface area contributed by atoms with Crippen molar-refractivity contribution in [3.63, 3.8) is 0 Å². The van der Waals surface area contributed by atoms with Crippen molar-refractivity contribution in [3.05, 3.63) is 154 Å². The van der Waals surface area contributed by atoms with Gasteiger partial charge in [0.1, 0.15) is 45.6 Å². The van der Waals surface area contributed by atoms with Gasteiger partial charge < -0.3 is 38.7 Å². The second kappa shape index (κ2) is 18.4. The van der Waals surface area contributed by atoms with E-state index in [0.29, 0.717) is 12.1 Å². The normalized spacial score (nSPS) is 17.7. The van der Waals surface area contributed by atoms with Crippen molar-refractivity contribution in [1.29, 1.82) is 0 Å². The van der Waals surface area contributed by atoms with Crippen LogP contribution in [-0.2, 0) is 11.2 Å². The van der Waals surface area contributed by atoms with Crippen molar-refractivity contribution < 1.29 is 73.8 Å². The summed E-state index contributed by atoms with van der Waals surface area (Å²) in [6, 6.07) is 4.76. The molecule has 2 aliphatic rings. The fourth-order valence-corrected chi connectivity index (χ4v) is 8.85. The zero-order valence-corrected chi connectivity index (χ0v) is 37.8. The first-order chi connectivity index (χ1) is 33.9. The summed E-state index contributed by atoms with van der Waals surface area (Å²) in [5.41, 5.74) is -1.09. The standard InChI is InChI=1S/2C24H19F5N4O3/c2*1-24(2,35)22-30-7-10(8-31-22)13-9-33-19(6-14(13)25)32-20-17(34)4-12(21(20)33)11-3-15(26)16(27)5-18(11)36-23(28)29/h2*3,5-9,12,17,23,34-35H,4H2,1-2H3/t2*12-,17-/m10/s1. The Kier molecular flexibility index (Phi) is 12.7. The Morgan fingerprint density at radius 1 is 0.528 bits per heavy atom. The molecule has 0 saturated heterocycles. The minimum absolute atomic E-state index is 0.0551. The smallest absolute Gasteiger partial charge is 0.387 e. The first-order valence-corrected chi connectivity index (χ1v) is 21.6. The van der Waals surface area contributed by atoms with Crippen molar-refractivity contribution in [3.8, 4) is 33.8 Å². The molecule has 0 radical (unpaired) electrons. The van der Waals surface area contributed by atoms with Crippen molar-refractivity contribution >= 4 is 11.3 Å². The molecule has 4 N–H and O–H groups in total. The average molecular weight is 1010 g/mol. The molecule has 0 aliphatic heterocycles. The highest BCUT2D eigenvalue weighted by Gasteiger charge is 2.40. The number of alkyl halides is 4. The number of ether oxygens (including phenoxy) is 2. The second-order valence-electron chi connectivity index (χ2n) is 18.0. The molecule has 14 nitrogen and oxygen atoms in total. The zero-order chi connectivity index (χ0) is 51.9. The van der Waals surface area contributed by atoms with Gasteiger partial charge in [0, 0.05) is 107 Å². The lowest BCUT2D eigenvalue weighted by molar-refractivity contribution is -0.0515. The number of benzene rings is 2. The monoisotopic (exact) mass is 1010 g/mol. The Balaban J connectivity index is 0.000000178. The molecule has 8 aromatic rings. The number of hydrogen-bond acceptors (Lipinski definition) is 12. The molecule has 0 fully saturated rings. The average Bonchev–Trinajstić information content (AvgIpc) is 4.04. The Hall–Kier alpha value is -7.28. The lowest BCUT2D eigenvalue weighted by atomic mass is 9.95. The third-order valence-corrected chi connectivity index (χ3v) is 12.1. The van der Waals surface area contributed by atoms with Gasteiger partial charge in [-0.15, -0.1) is 0 Å². The summed E-state index contributed by atoms with van der Waals surface area (Å²) < 4.78 is 150. The Bertz CT molecular complexity index is 3160. The van der Waals surface area contributed by atoms with E-state index in [2.05, 4.69) is 39.4 Å². The maximum Gasteiger partial charge on any atom is 0.387 e. The number of hydrogen-bond donors (Lipinski definition) is 4. The molecule has 2 aromatic carbocycles. The van der Waals surface area contributed by atoms with Crippen LogP contribution in [0.15, 0.2) is 73.6 Å². The van der Waals surface area contributed by atoms with Crippen LogP contribution in [0.2, 0.25) is 0 Å². The highest BCUT2D eigenvalue weighted by Crippen LogP contribution is 2.49. The SMILES string of the molecule is CC(C)(O)c1ncc(-c2cn3c4c(nc3cc2F)[C@@H](O)C[C@H]4c2cc(F)c(F)cc2OC(F)F)cn1.CC(C)(O)c1ncc(-c2cn3c4c(nc3cc2F)[C@H](O)C[C@@H]4c2cc(F)c(F)cc2OC(F)F)cn1. The maximum atomic E-state index is 15.0. The molecular formula is C48H38F10N8O6. The van der Waals surface area contributed by atoms with Gasteiger partial charge >= 0.3 is 13.2 Å². The number of fused-ring (bicyclic) bond motifs is 6. The predicted molar refractivity (Wildman–Crippen MR) is 232 cm³/mol. The van der Waals surface area contributed by atoms with Gasteiger partial charge in [0.2, 0.25) is 0 Å². The third kappa shape index (κ3) is 9.25. The third-order valence-electron chi connectivity index (χ3n) is 12.1. The van der Waals surface area contributed by atoms with Gasteiger partial charge in [0.25, 0.3) is 0 Å². The molecular weight excluding hydrogens is 975 g/mol. The second-order valence-corrected chi connectivity index (χ2v) is 18.0. The minimum Gasteiger partial charge on any atom is -0.434 e. The van der Waals surface area contributed by atoms with Crippen molar-refractivity contribution in [2.24, 2.45) is 0 Å². The molecule has 6 heterocycles. The molecule has 0 spiro atoms. The highest BCUT2D eigenvalue weighted by molar-refractivity contribution is 5.67. The molecule has 6 aromatic heterocycles. The summed E-state index contributed by atoms with van der Waals surface area (Å²) >= 11 is 0. The van der Waals surface area contributed by atoms with Crippen LogP contribution in [0, 0.1) is 34.9 Å². The molecule has 376 valence electrons. The first-order valence-electron chi connectivity index (χ1n) is 21.6. The van der Waals surface area contributed by atoms with Crippen LogP contribution < -0.4 is 9.47 Å². The van der Waals surface area contributed by atoms with E-state index in [4.69, 9.17) is 0 Å². The molecule has 10 rings (SSSR count). The molecule has 0 amide bonds. The van der Waals surface area contributed by atoms with Gasteiger partial charge in [-0.25, -0.2) is 56.2 Å². The number of nitrogens with zero attached hydrogens (tertiary/aromatic N) is 8. The lowest BCUT2D eigenvalue weighted by Crippen LogP contribution is -2.19. The van der Waals surface area contributed by atoms with Gasteiger partial charge in [-0.1, -0.05) is 0 Å². The number of aliphatic hydroxyl groups excluding tert-OH is 2. The van der Waals surface area contributed by atoms with E-state index < -0.39 is 94.9 Å². The van der Waals surface area contributed by atoms with E-state index in [1.165, 1.54) is 73.7 Å². The number of aliphatic hydroxyl groups is 4. The fraction of sp³-hybridized carbons (Fsp3) is 0.292. The molecule has 24 heteroatoms. The quantitative estimate of drug-likeness (QED) is 0.0954. The molecule has 0 saturated carbocycles. The summed E-state index contributed by atoms with van der Waals surface area (Å²) in [5, 5.41) is 41.3. The molecule has 0 bridgehead atoms. The van der Waals surface area contributed by atoms with Gasteiger partial charge in [0.05, 0.1) is 35.0 Å². The Morgan fingerprint density at radius 2 is 0.861 bits per heavy atom. The van der Waals surface area contributed by atoms with Crippen molar-refractivity contribution in [1.82, 2.24) is 38.7 Å².